The van der Waals surface area contributed by atoms with Gasteiger partial charge in [0.05, 0.1) is 4.92 Å². The fraction of sp³-hybridized carbons (Fsp3) is 0.300. The predicted octanol–water partition coefficient (Wildman–Crippen LogP) is 2.45. The van der Waals surface area contributed by atoms with Crippen molar-refractivity contribution in [3.63, 3.8) is 0 Å². The van der Waals surface area contributed by atoms with E-state index in [1.165, 1.54) is 30.8 Å². The molecule has 0 unspecified atom stereocenters. The molecule has 1 aromatic carbocycles. The molecule has 0 atom stereocenters. The molecule has 0 aliphatic rings. The minimum absolute atomic E-state index is 0.00236. The van der Waals surface area contributed by atoms with Crippen LogP contribution >= 0.6 is 11.8 Å². The standard InChI is InChI=1S/C10H11NO3S/c1-7(12)3-8-4-9(11(13)14)6-10(5-8)15-2/h4-6H,3H2,1-2H3. The summed E-state index contributed by atoms with van der Waals surface area (Å²) >= 11 is 1.43. The van der Waals surface area contributed by atoms with Crippen molar-refractivity contribution >= 4 is 23.2 Å². The van der Waals surface area contributed by atoms with Crippen LogP contribution < -0.4 is 0 Å². The number of nitro benzene ring substituents is 1. The molecule has 1 aromatic rings. The van der Waals surface area contributed by atoms with Gasteiger partial charge < -0.3 is 0 Å². The highest BCUT2D eigenvalue weighted by molar-refractivity contribution is 7.98. The molecule has 0 aliphatic carbocycles. The number of carbonyl (C=O) groups excluding carboxylic acids is 1. The molecule has 0 saturated carbocycles. The van der Waals surface area contributed by atoms with Crippen molar-refractivity contribution in [2.24, 2.45) is 0 Å². The van der Waals surface area contributed by atoms with E-state index in [1.54, 1.807) is 6.07 Å². The largest absolute Gasteiger partial charge is 0.300 e. The van der Waals surface area contributed by atoms with Gasteiger partial charge in [-0.1, -0.05) is 0 Å². The van der Waals surface area contributed by atoms with Gasteiger partial charge in [-0.3, -0.25) is 14.9 Å². The molecule has 0 saturated heterocycles. The van der Waals surface area contributed by atoms with E-state index in [0.717, 1.165) is 4.90 Å². The first-order chi connectivity index (χ1) is 7.02. The first-order valence-electron chi connectivity index (χ1n) is 4.34. The second-order valence-corrected chi connectivity index (χ2v) is 4.05. The van der Waals surface area contributed by atoms with Crippen LogP contribution in [-0.4, -0.2) is 17.0 Å². The number of carbonyl (C=O) groups is 1. The van der Waals surface area contributed by atoms with Crippen molar-refractivity contribution in [2.75, 3.05) is 6.26 Å². The number of non-ortho nitro benzene ring substituents is 1. The average molecular weight is 225 g/mol. The summed E-state index contributed by atoms with van der Waals surface area (Å²) in [6.45, 7) is 1.47. The van der Waals surface area contributed by atoms with Gasteiger partial charge in [-0.15, -0.1) is 11.8 Å². The maximum absolute atomic E-state index is 10.9. The van der Waals surface area contributed by atoms with Crippen LogP contribution in [0.4, 0.5) is 5.69 Å². The lowest BCUT2D eigenvalue weighted by atomic mass is 10.1. The number of Topliss-reactive ketones (excluding diaryl/α,β-unsaturated/α-hetero) is 1. The first-order valence-corrected chi connectivity index (χ1v) is 5.57. The number of hydrogen-bond acceptors (Lipinski definition) is 4. The van der Waals surface area contributed by atoms with E-state index in [0.29, 0.717) is 5.56 Å². The van der Waals surface area contributed by atoms with Gasteiger partial charge >= 0.3 is 0 Å². The van der Waals surface area contributed by atoms with Crippen LogP contribution in [0.1, 0.15) is 12.5 Å². The molecular formula is C10H11NO3S. The van der Waals surface area contributed by atoms with Gasteiger partial charge in [0.25, 0.3) is 5.69 Å². The van der Waals surface area contributed by atoms with Crippen LogP contribution in [0.15, 0.2) is 23.1 Å². The number of nitrogens with zero attached hydrogens (tertiary/aromatic N) is 1. The monoisotopic (exact) mass is 225 g/mol. The van der Waals surface area contributed by atoms with E-state index < -0.39 is 4.92 Å². The van der Waals surface area contributed by atoms with Crippen molar-refractivity contribution in [3.05, 3.63) is 33.9 Å². The van der Waals surface area contributed by atoms with Crippen molar-refractivity contribution in [3.8, 4) is 0 Å². The minimum Gasteiger partial charge on any atom is -0.300 e. The Bertz CT molecular complexity index is 404. The van der Waals surface area contributed by atoms with Crippen LogP contribution in [0, 0.1) is 10.1 Å². The lowest BCUT2D eigenvalue weighted by Crippen LogP contribution is -1.98. The Hall–Kier alpha value is -1.36. The zero-order chi connectivity index (χ0) is 11.4. The first kappa shape index (κ1) is 11.7. The quantitative estimate of drug-likeness (QED) is 0.448. The number of nitro groups is 1. The predicted molar refractivity (Wildman–Crippen MR) is 59.3 cm³/mol. The summed E-state index contributed by atoms with van der Waals surface area (Å²) in [6.07, 6.45) is 2.09. The lowest BCUT2D eigenvalue weighted by molar-refractivity contribution is -0.385. The SMILES string of the molecule is CSc1cc(CC(C)=O)cc([N+](=O)[O-])c1. The van der Waals surface area contributed by atoms with E-state index in [2.05, 4.69) is 0 Å². The van der Waals surface area contributed by atoms with Crippen molar-refractivity contribution < 1.29 is 9.72 Å². The molecular weight excluding hydrogens is 214 g/mol. The molecule has 1 rings (SSSR count). The maximum atomic E-state index is 10.9. The third-order valence-corrected chi connectivity index (χ3v) is 2.56. The summed E-state index contributed by atoms with van der Waals surface area (Å²) in [6, 6.07) is 4.76. The minimum atomic E-state index is -0.441. The summed E-state index contributed by atoms with van der Waals surface area (Å²) in [5.41, 5.74) is 0.735. The van der Waals surface area contributed by atoms with Gasteiger partial charge in [0.1, 0.15) is 5.78 Å². The highest BCUT2D eigenvalue weighted by Gasteiger charge is 2.10. The summed E-state index contributed by atoms with van der Waals surface area (Å²) in [5, 5.41) is 10.6. The Morgan fingerprint density at radius 3 is 2.60 bits per heavy atom. The number of hydrogen-bond donors (Lipinski definition) is 0. The van der Waals surface area contributed by atoms with Crippen LogP contribution in [-0.2, 0) is 11.2 Å². The molecule has 0 amide bonds. The van der Waals surface area contributed by atoms with E-state index in [1.807, 2.05) is 6.26 Å². The molecule has 0 aromatic heterocycles. The molecule has 15 heavy (non-hydrogen) atoms. The number of benzene rings is 1. The maximum Gasteiger partial charge on any atom is 0.270 e. The second-order valence-electron chi connectivity index (χ2n) is 3.18. The Labute approximate surface area is 91.8 Å². The van der Waals surface area contributed by atoms with Crippen LogP contribution in [0.3, 0.4) is 0 Å². The molecule has 0 bridgehead atoms. The zero-order valence-corrected chi connectivity index (χ0v) is 9.34. The molecule has 0 N–H and O–H groups in total. The Kier molecular flexibility index (Phi) is 3.85. The van der Waals surface area contributed by atoms with Crippen LogP contribution in [0.5, 0.6) is 0 Å². The van der Waals surface area contributed by atoms with Gasteiger partial charge in [-0.05, 0) is 24.8 Å². The molecule has 0 radical (unpaired) electrons. The van der Waals surface area contributed by atoms with E-state index in [4.69, 9.17) is 0 Å². The Morgan fingerprint density at radius 1 is 1.47 bits per heavy atom. The van der Waals surface area contributed by atoms with Crippen LogP contribution in [0.2, 0.25) is 0 Å². The van der Waals surface area contributed by atoms with Gasteiger partial charge in [-0.25, -0.2) is 0 Å². The van der Waals surface area contributed by atoms with Crippen molar-refractivity contribution in [2.45, 2.75) is 18.2 Å². The third-order valence-electron chi connectivity index (χ3n) is 1.85. The molecule has 0 heterocycles. The highest BCUT2D eigenvalue weighted by Crippen LogP contribution is 2.23. The summed E-state index contributed by atoms with van der Waals surface area (Å²) in [7, 11) is 0. The smallest absolute Gasteiger partial charge is 0.270 e. The molecule has 0 fully saturated rings. The third kappa shape index (κ3) is 3.36. The van der Waals surface area contributed by atoms with Gasteiger partial charge in [0, 0.05) is 23.4 Å². The number of rotatable bonds is 4. The molecule has 0 aliphatic heterocycles. The van der Waals surface area contributed by atoms with Crippen molar-refractivity contribution in [1.29, 1.82) is 0 Å². The number of ketones is 1. The highest BCUT2D eigenvalue weighted by atomic mass is 32.2. The second kappa shape index (κ2) is 4.93. The normalized spacial score (nSPS) is 10.0. The zero-order valence-electron chi connectivity index (χ0n) is 8.52. The number of thioether (sulfide) groups is 1. The van der Waals surface area contributed by atoms with Crippen molar-refractivity contribution in [1.82, 2.24) is 0 Å². The molecule has 4 nitrogen and oxygen atoms in total. The topological polar surface area (TPSA) is 60.2 Å². The van der Waals surface area contributed by atoms with Gasteiger partial charge in [-0.2, -0.15) is 0 Å². The lowest BCUT2D eigenvalue weighted by Gasteiger charge is -2.02. The fourth-order valence-electron chi connectivity index (χ4n) is 1.26. The van der Waals surface area contributed by atoms with Crippen LogP contribution in [0.25, 0.3) is 0 Å². The fourth-order valence-corrected chi connectivity index (χ4v) is 1.76. The molecule has 5 heteroatoms. The summed E-state index contributed by atoms with van der Waals surface area (Å²) < 4.78 is 0. The van der Waals surface area contributed by atoms with E-state index >= 15 is 0 Å². The van der Waals surface area contributed by atoms with E-state index in [9.17, 15) is 14.9 Å². The Balaban J connectivity index is 3.11. The average Bonchev–Trinajstić information content (AvgIpc) is 2.16. The summed E-state index contributed by atoms with van der Waals surface area (Å²) in [5.74, 6) is 0.00236. The molecule has 80 valence electrons. The van der Waals surface area contributed by atoms with Gasteiger partial charge in [0.2, 0.25) is 0 Å². The summed E-state index contributed by atoms with van der Waals surface area (Å²) in [4.78, 5) is 21.9. The van der Waals surface area contributed by atoms with E-state index in [-0.39, 0.29) is 17.9 Å². The van der Waals surface area contributed by atoms with Gasteiger partial charge in [0.15, 0.2) is 0 Å². The Morgan fingerprint density at radius 2 is 2.13 bits per heavy atom. The molecule has 0 spiro atoms.